The Morgan fingerprint density at radius 3 is 2.43 bits per heavy atom. The fourth-order valence-electron chi connectivity index (χ4n) is 2.66. The Kier molecular flexibility index (Phi) is 4.31. The van der Waals surface area contributed by atoms with Gasteiger partial charge >= 0.3 is 0 Å². The van der Waals surface area contributed by atoms with Crippen molar-refractivity contribution >= 4 is 21.8 Å². The van der Waals surface area contributed by atoms with E-state index in [0.717, 1.165) is 22.9 Å². The zero-order valence-electron chi connectivity index (χ0n) is 13.1. The number of carbonyl (C=O) groups is 1. The van der Waals surface area contributed by atoms with E-state index in [-0.39, 0.29) is 11.4 Å². The van der Waals surface area contributed by atoms with Gasteiger partial charge in [-0.25, -0.2) is 0 Å². The van der Waals surface area contributed by atoms with Crippen molar-refractivity contribution in [1.82, 2.24) is 5.32 Å². The molecule has 0 aromatic heterocycles. The third-order valence-electron chi connectivity index (χ3n) is 4.13. The van der Waals surface area contributed by atoms with Crippen LogP contribution in [0.5, 0.6) is 11.5 Å². The lowest BCUT2D eigenvalue weighted by Gasteiger charge is -2.20. The molecule has 0 unspecified atom stereocenters. The highest BCUT2D eigenvalue weighted by molar-refractivity contribution is 9.10. The van der Waals surface area contributed by atoms with Crippen LogP contribution in [0.4, 0.5) is 0 Å². The normalized spacial score (nSPS) is 14.9. The number of hydrogen-bond donors (Lipinski definition) is 1. The van der Waals surface area contributed by atoms with Crippen molar-refractivity contribution < 1.29 is 14.3 Å². The summed E-state index contributed by atoms with van der Waals surface area (Å²) in [5.74, 6) is 1.29. The summed E-state index contributed by atoms with van der Waals surface area (Å²) in [4.78, 5) is 12.5. The highest BCUT2D eigenvalue weighted by Gasteiger charge is 2.46. The maximum absolute atomic E-state index is 12.5. The molecule has 0 spiro atoms. The Bertz CT molecular complexity index is 741. The number of methoxy groups -OCH3 is 2. The van der Waals surface area contributed by atoms with Gasteiger partial charge < -0.3 is 14.8 Å². The standard InChI is InChI=1S/C18H18BrNO3/c1-22-15-7-6-13(11-16(15)23-2)18(8-9-18)20-17(21)12-4-3-5-14(19)10-12/h3-7,10-11H,8-9H2,1-2H3,(H,20,21). The Balaban J connectivity index is 1.84. The molecule has 1 amide bonds. The second-order valence-corrected chi connectivity index (χ2v) is 6.53. The van der Waals surface area contributed by atoms with Gasteiger partial charge in [-0.05, 0) is 48.7 Å². The molecule has 1 aliphatic rings. The number of rotatable bonds is 5. The first-order valence-electron chi connectivity index (χ1n) is 7.38. The first-order chi connectivity index (χ1) is 11.1. The van der Waals surface area contributed by atoms with Gasteiger partial charge in [0.05, 0.1) is 19.8 Å². The molecule has 1 fully saturated rings. The van der Waals surface area contributed by atoms with E-state index in [1.54, 1.807) is 14.2 Å². The molecule has 3 rings (SSSR count). The summed E-state index contributed by atoms with van der Waals surface area (Å²) in [7, 11) is 3.22. The molecule has 0 radical (unpaired) electrons. The quantitative estimate of drug-likeness (QED) is 0.862. The molecular formula is C18H18BrNO3. The molecule has 2 aromatic rings. The van der Waals surface area contributed by atoms with E-state index >= 15 is 0 Å². The number of amides is 1. The summed E-state index contributed by atoms with van der Waals surface area (Å²) in [6.07, 6.45) is 1.84. The van der Waals surface area contributed by atoms with E-state index in [1.807, 2.05) is 42.5 Å². The van der Waals surface area contributed by atoms with Gasteiger partial charge in [0.15, 0.2) is 11.5 Å². The van der Waals surface area contributed by atoms with Crippen molar-refractivity contribution in [1.29, 1.82) is 0 Å². The number of benzene rings is 2. The minimum absolute atomic E-state index is 0.0708. The molecule has 0 heterocycles. The zero-order chi connectivity index (χ0) is 16.4. The fourth-order valence-corrected chi connectivity index (χ4v) is 3.06. The monoisotopic (exact) mass is 375 g/mol. The molecule has 4 nitrogen and oxygen atoms in total. The molecule has 5 heteroatoms. The Morgan fingerprint density at radius 2 is 1.83 bits per heavy atom. The molecule has 1 saturated carbocycles. The summed E-state index contributed by atoms with van der Waals surface area (Å²) in [5.41, 5.74) is 1.38. The Labute approximate surface area is 143 Å². The summed E-state index contributed by atoms with van der Waals surface area (Å²) in [6.45, 7) is 0. The summed E-state index contributed by atoms with van der Waals surface area (Å²) in [5, 5.41) is 3.16. The molecule has 0 aliphatic heterocycles. The second-order valence-electron chi connectivity index (χ2n) is 5.62. The van der Waals surface area contributed by atoms with Crippen molar-refractivity contribution in [2.45, 2.75) is 18.4 Å². The van der Waals surface area contributed by atoms with Crippen molar-refractivity contribution in [3.8, 4) is 11.5 Å². The largest absolute Gasteiger partial charge is 0.493 e. The maximum Gasteiger partial charge on any atom is 0.252 e. The average molecular weight is 376 g/mol. The van der Waals surface area contributed by atoms with E-state index in [2.05, 4.69) is 21.2 Å². The molecule has 120 valence electrons. The summed E-state index contributed by atoms with van der Waals surface area (Å²) < 4.78 is 11.5. The predicted molar refractivity (Wildman–Crippen MR) is 92.1 cm³/mol. The van der Waals surface area contributed by atoms with Crippen LogP contribution >= 0.6 is 15.9 Å². The number of ether oxygens (including phenoxy) is 2. The molecule has 1 aliphatic carbocycles. The van der Waals surface area contributed by atoms with Crippen molar-refractivity contribution in [2.75, 3.05) is 14.2 Å². The van der Waals surface area contributed by atoms with E-state index in [4.69, 9.17) is 9.47 Å². The molecule has 1 N–H and O–H groups in total. The molecular weight excluding hydrogens is 358 g/mol. The average Bonchev–Trinajstić information content (AvgIpc) is 3.34. The first kappa shape index (κ1) is 15.9. The molecule has 0 atom stereocenters. The van der Waals surface area contributed by atoms with E-state index in [1.165, 1.54) is 0 Å². The van der Waals surface area contributed by atoms with Gasteiger partial charge in [0.25, 0.3) is 5.91 Å². The summed E-state index contributed by atoms with van der Waals surface area (Å²) in [6, 6.07) is 13.2. The lowest BCUT2D eigenvalue weighted by Crippen LogP contribution is -2.34. The van der Waals surface area contributed by atoms with Crippen LogP contribution in [0.25, 0.3) is 0 Å². The van der Waals surface area contributed by atoms with Crippen LogP contribution in [-0.2, 0) is 5.54 Å². The highest BCUT2D eigenvalue weighted by atomic mass is 79.9. The Morgan fingerprint density at radius 1 is 1.09 bits per heavy atom. The first-order valence-corrected chi connectivity index (χ1v) is 8.18. The fraction of sp³-hybridized carbons (Fsp3) is 0.278. The third kappa shape index (κ3) is 3.20. The number of halogens is 1. The SMILES string of the molecule is COc1ccc(C2(NC(=O)c3cccc(Br)c3)CC2)cc1OC. The second kappa shape index (κ2) is 6.24. The topological polar surface area (TPSA) is 47.6 Å². The summed E-state index contributed by atoms with van der Waals surface area (Å²) >= 11 is 3.39. The predicted octanol–water partition coefficient (Wildman–Crippen LogP) is 3.89. The van der Waals surface area contributed by atoms with Crippen LogP contribution in [0, 0.1) is 0 Å². The van der Waals surface area contributed by atoms with Crippen LogP contribution < -0.4 is 14.8 Å². The lowest BCUT2D eigenvalue weighted by molar-refractivity contribution is 0.0930. The molecule has 0 saturated heterocycles. The maximum atomic E-state index is 12.5. The minimum atomic E-state index is -0.307. The third-order valence-corrected chi connectivity index (χ3v) is 4.62. The smallest absolute Gasteiger partial charge is 0.252 e. The van der Waals surface area contributed by atoms with Gasteiger partial charge in [-0.15, -0.1) is 0 Å². The lowest BCUT2D eigenvalue weighted by atomic mass is 10.0. The minimum Gasteiger partial charge on any atom is -0.493 e. The number of hydrogen-bond acceptors (Lipinski definition) is 3. The van der Waals surface area contributed by atoms with E-state index in [9.17, 15) is 4.79 Å². The van der Waals surface area contributed by atoms with Crippen LogP contribution in [0.15, 0.2) is 46.9 Å². The van der Waals surface area contributed by atoms with Crippen molar-refractivity contribution in [3.05, 3.63) is 58.1 Å². The molecule has 23 heavy (non-hydrogen) atoms. The number of nitrogens with one attached hydrogen (secondary N) is 1. The highest BCUT2D eigenvalue weighted by Crippen LogP contribution is 2.47. The van der Waals surface area contributed by atoms with Crippen LogP contribution in [0.2, 0.25) is 0 Å². The van der Waals surface area contributed by atoms with Crippen molar-refractivity contribution in [3.63, 3.8) is 0 Å². The zero-order valence-corrected chi connectivity index (χ0v) is 14.6. The van der Waals surface area contributed by atoms with Crippen molar-refractivity contribution in [2.24, 2.45) is 0 Å². The van der Waals surface area contributed by atoms with Gasteiger partial charge in [-0.2, -0.15) is 0 Å². The van der Waals surface area contributed by atoms with Gasteiger partial charge in [0, 0.05) is 10.0 Å². The van der Waals surface area contributed by atoms with Gasteiger partial charge in [0.1, 0.15) is 0 Å². The van der Waals surface area contributed by atoms with Crippen LogP contribution in [0.3, 0.4) is 0 Å². The van der Waals surface area contributed by atoms with E-state index < -0.39 is 0 Å². The van der Waals surface area contributed by atoms with Gasteiger partial charge in [-0.1, -0.05) is 28.1 Å². The van der Waals surface area contributed by atoms with Crippen LogP contribution in [0.1, 0.15) is 28.8 Å². The van der Waals surface area contributed by atoms with Gasteiger partial charge in [0.2, 0.25) is 0 Å². The number of carbonyl (C=O) groups excluding carboxylic acids is 1. The Hall–Kier alpha value is -2.01. The van der Waals surface area contributed by atoms with E-state index in [0.29, 0.717) is 17.1 Å². The molecule has 0 bridgehead atoms. The molecule has 2 aromatic carbocycles. The van der Waals surface area contributed by atoms with Crippen LogP contribution in [-0.4, -0.2) is 20.1 Å². The van der Waals surface area contributed by atoms with Gasteiger partial charge in [-0.3, -0.25) is 4.79 Å².